The van der Waals surface area contributed by atoms with Crippen molar-refractivity contribution in [1.29, 1.82) is 0 Å². The Balaban J connectivity index is 1.08. The summed E-state index contributed by atoms with van der Waals surface area (Å²) in [6.45, 7) is 4.96. The quantitative estimate of drug-likeness (QED) is 0.408. The average Bonchev–Trinajstić information content (AvgIpc) is 3.44. The summed E-state index contributed by atoms with van der Waals surface area (Å²) < 4.78 is 11.8. The monoisotopic (exact) mass is 476 g/mol. The zero-order chi connectivity index (χ0) is 23.5. The molecule has 5 aliphatic rings. The minimum absolute atomic E-state index is 0.166. The van der Waals surface area contributed by atoms with Crippen LogP contribution in [0, 0.1) is 17.8 Å². The summed E-state index contributed by atoms with van der Waals surface area (Å²) in [5.74, 6) is 1.91. The molecule has 4 N–H and O–H groups in total. The summed E-state index contributed by atoms with van der Waals surface area (Å²) in [6, 6.07) is 2.27. The second-order valence-electron chi connectivity index (χ2n) is 11.6. The van der Waals surface area contributed by atoms with Crippen molar-refractivity contribution in [2.24, 2.45) is 22.7 Å². The van der Waals surface area contributed by atoms with Crippen molar-refractivity contribution in [1.82, 2.24) is 16.0 Å². The molecule has 194 valence electrons. The molecular formula is C27H48N4O3. The average molecular weight is 477 g/mol. The van der Waals surface area contributed by atoms with Gasteiger partial charge in [0.15, 0.2) is 0 Å². The van der Waals surface area contributed by atoms with Crippen LogP contribution >= 0.6 is 0 Å². The molecule has 0 bridgehead atoms. The van der Waals surface area contributed by atoms with E-state index in [1.165, 1.54) is 38.5 Å². The minimum atomic E-state index is -0.166. The number of hydrogen-bond donors (Lipinski definition) is 4. The predicted octanol–water partition coefficient (Wildman–Crippen LogP) is 2.27. The maximum absolute atomic E-state index is 10.3. The summed E-state index contributed by atoms with van der Waals surface area (Å²) in [5, 5.41) is 21.8. The molecule has 11 unspecified atom stereocenters. The second kappa shape index (κ2) is 11.7. The van der Waals surface area contributed by atoms with E-state index in [0.717, 1.165) is 51.3 Å². The second-order valence-corrected chi connectivity index (χ2v) is 11.6. The van der Waals surface area contributed by atoms with Gasteiger partial charge in [-0.3, -0.25) is 4.99 Å². The highest BCUT2D eigenvalue weighted by atomic mass is 16.5. The fourth-order valence-electron chi connectivity index (χ4n) is 7.86. The van der Waals surface area contributed by atoms with E-state index in [2.05, 4.69) is 29.1 Å². The van der Waals surface area contributed by atoms with Crippen LogP contribution < -0.4 is 16.0 Å². The molecule has 0 aromatic carbocycles. The van der Waals surface area contributed by atoms with E-state index in [1.54, 1.807) is 0 Å². The van der Waals surface area contributed by atoms with Gasteiger partial charge >= 0.3 is 0 Å². The summed E-state index contributed by atoms with van der Waals surface area (Å²) in [4.78, 5) is 4.85. The molecule has 34 heavy (non-hydrogen) atoms. The number of methoxy groups -OCH3 is 1. The summed E-state index contributed by atoms with van der Waals surface area (Å²) >= 11 is 0. The number of fused-ring (bicyclic) bond motifs is 2. The molecule has 2 heterocycles. The lowest BCUT2D eigenvalue weighted by Gasteiger charge is -2.42. The standard InChI is InChI=1S/C27H48N4O3/c1-3-34-26-14-18(31-22-11-13-29-27-21(22)7-9-25(27)32)4-8-23(26)28-12-10-17-16-30-24-15-19(33-2)5-6-20(17)24/h16-29,31-32H,3-15H2,1-2H3. The zero-order valence-electron chi connectivity index (χ0n) is 21.3. The van der Waals surface area contributed by atoms with Gasteiger partial charge in [0.2, 0.25) is 0 Å². The molecule has 2 aliphatic heterocycles. The highest BCUT2D eigenvalue weighted by Gasteiger charge is 2.43. The van der Waals surface area contributed by atoms with E-state index < -0.39 is 0 Å². The third-order valence-corrected chi connectivity index (χ3v) is 9.70. The van der Waals surface area contributed by atoms with Gasteiger partial charge in [0.05, 0.1) is 24.4 Å². The highest BCUT2D eigenvalue weighted by Crippen LogP contribution is 2.38. The number of ether oxygens (including phenoxy) is 2. The van der Waals surface area contributed by atoms with Crippen LogP contribution in [0.1, 0.15) is 71.1 Å². The van der Waals surface area contributed by atoms with Crippen LogP contribution in [0.15, 0.2) is 4.99 Å². The van der Waals surface area contributed by atoms with Crippen LogP contribution in [-0.4, -0.2) is 86.6 Å². The Kier molecular flexibility index (Phi) is 8.60. The maximum Gasteiger partial charge on any atom is 0.0742 e. The van der Waals surface area contributed by atoms with Crippen molar-refractivity contribution >= 4 is 6.21 Å². The maximum atomic E-state index is 10.3. The van der Waals surface area contributed by atoms with Crippen molar-refractivity contribution < 1.29 is 14.6 Å². The van der Waals surface area contributed by atoms with Crippen molar-refractivity contribution in [3.63, 3.8) is 0 Å². The van der Waals surface area contributed by atoms with Gasteiger partial charge in [-0.05, 0) is 102 Å². The molecule has 3 aliphatic carbocycles. The van der Waals surface area contributed by atoms with Gasteiger partial charge in [-0.1, -0.05) is 0 Å². The van der Waals surface area contributed by atoms with Gasteiger partial charge < -0.3 is 30.5 Å². The SMILES string of the molecule is CCOC1CC(NC2CCNC3C(O)CCC23)CCC1NCCC1C=NC2CC(OC)CCC12. The van der Waals surface area contributed by atoms with E-state index in [-0.39, 0.29) is 18.2 Å². The lowest BCUT2D eigenvalue weighted by molar-refractivity contribution is -0.000813. The van der Waals surface area contributed by atoms with Crippen molar-refractivity contribution in [3.8, 4) is 0 Å². The van der Waals surface area contributed by atoms with Gasteiger partial charge in [0.25, 0.3) is 0 Å². The topological polar surface area (TPSA) is 87.1 Å². The minimum Gasteiger partial charge on any atom is -0.391 e. The molecule has 7 nitrogen and oxygen atoms in total. The Labute approximate surface area is 206 Å². The Hall–Kier alpha value is -0.570. The molecule has 5 rings (SSSR count). The molecule has 0 spiro atoms. The molecule has 0 aromatic rings. The molecule has 0 amide bonds. The van der Waals surface area contributed by atoms with Gasteiger partial charge in [-0.25, -0.2) is 0 Å². The first-order valence-corrected chi connectivity index (χ1v) is 14.2. The first-order chi connectivity index (χ1) is 16.7. The third kappa shape index (κ3) is 5.55. The van der Waals surface area contributed by atoms with Gasteiger partial charge in [-0.15, -0.1) is 0 Å². The van der Waals surface area contributed by atoms with Gasteiger partial charge in [-0.2, -0.15) is 0 Å². The summed E-state index contributed by atoms with van der Waals surface area (Å²) in [5.41, 5.74) is 0. The van der Waals surface area contributed by atoms with Crippen LogP contribution in [-0.2, 0) is 9.47 Å². The Morgan fingerprint density at radius 1 is 1.03 bits per heavy atom. The lowest BCUT2D eigenvalue weighted by atomic mass is 9.77. The Morgan fingerprint density at radius 3 is 2.76 bits per heavy atom. The third-order valence-electron chi connectivity index (χ3n) is 9.70. The fraction of sp³-hybridized carbons (Fsp3) is 0.963. The van der Waals surface area contributed by atoms with Crippen molar-refractivity contribution in [2.45, 2.75) is 120 Å². The summed E-state index contributed by atoms with van der Waals surface area (Å²) in [6.07, 6.45) is 14.2. The number of nitrogens with zero attached hydrogens (tertiary/aromatic N) is 1. The smallest absolute Gasteiger partial charge is 0.0742 e. The Bertz CT molecular complexity index is 678. The van der Waals surface area contributed by atoms with E-state index >= 15 is 0 Å². The number of aliphatic imine (C=N–C) groups is 1. The number of piperidine rings is 1. The number of aliphatic hydroxyl groups excluding tert-OH is 1. The van der Waals surface area contributed by atoms with E-state index in [1.807, 2.05) is 7.11 Å². The molecule has 1 saturated heterocycles. The van der Waals surface area contributed by atoms with Crippen LogP contribution in [0.2, 0.25) is 0 Å². The molecule has 0 aromatic heterocycles. The van der Waals surface area contributed by atoms with Crippen molar-refractivity contribution in [2.75, 3.05) is 26.8 Å². The molecule has 0 radical (unpaired) electrons. The van der Waals surface area contributed by atoms with Crippen LogP contribution in [0.3, 0.4) is 0 Å². The lowest BCUT2D eigenvalue weighted by Crippen LogP contribution is -2.58. The van der Waals surface area contributed by atoms with Gasteiger partial charge in [0, 0.05) is 44.1 Å². The van der Waals surface area contributed by atoms with Crippen LogP contribution in [0.5, 0.6) is 0 Å². The molecular weight excluding hydrogens is 428 g/mol. The molecule has 11 atom stereocenters. The first kappa shape index (κ1) is 25.1. The first-order valence-electron chi connectivity index (χ1n) is 14.2. The van der Waals surface area contributed by atoms with Gasteiger partial charge in [0.1, 0.15) is 0 Å². The fourth-order valence-corrected chi connectivity index (χ4v) is 7.86. The van der Waals surface area contributed by atoms with Crippen LogP contribution in [0.4, 0.5) is 0 Å². The number of rotatable bonds is 9. The van der Waals surface area contributed by atoms with E-state index in [9.17, 15) is 5.11 Å². The largest absolute Gasteiger partial charge is 0.391 e. The Morgan fingerprint density at radius 2 is 1.91 bits per heavy atom. The molecule has 4 fully saturated rings. The normalized spacial score (nSPS) is 46.4. The number of hydrogen-bond acceptors (Lipinski definition) is 7. The number of aliphatic hydroxyl groups is 1. The predicted molar refractivity (Wildman–Crippen MR) is 135 cm³/mol. The van der Waals surface area contributed by atoms with E-state index in [0.29, 0.717) is 42.1 Å². The summed E-state index contributed by atoms with van der Waals surface area (Å²) in [7, 11) is 1.84. The van der Waals surface area contributed by atoms with Crippen molar-refractivity contribution in [3.05, 3.63) is 0 Å². The van der Waals surface area contributed by atoms with Crippen LogP contribution in [0.25, 0.3) is 0 Å². The number of nitrogens with one attached hydrogen (secondary N) is 3. The van der Waals surface area contributed by atoms with E-state index in [4.69, 9.17) is 14.5 Å². The zero-order valence-corrected chi connectivity index (χ0v) is 21.3. The molecule has 7 heteroatoms. The highest BCUT2D eigenvalue weighted by molar-refractivity contribution is 5.64. The molecule has 3 saturated carbocycles.